The van der Waals surface area contributed by atoms with E-state index in [0.29, 0.717) is 17.4 Å². The number of halogens is 2. The Labute approximate surface area is 125 Å². The molecule has 2 rings (SSSR count). The summed E-state index contributed by atoms with van der Waals surface area (Å²) in [5.41, 5.74) is 2.62. The number of aliphatic hydroxyl groups is 1. The first-order valence-electron chi connectivity index (χ1n) is 5.73. The van der Waals surface area contributed by atoms with E-state index in [4.69, 9.17) is 21.4 Å². The van der Waals surface area contributed by atoms with Crippen molar-refractivity contribution in [2.45, 2.75) is 20.1 Å². The number of benzene rings is 1. The van der Waals surface area contributed by atoms with Crippen molar-refractivity contribution in [2.24, 2.45) is 7.05 Å². The number of rotatable bonds is 4. The lowest BCUT2D eigenvalue weighted by molar-refractivity contribution is 0.280. The largest absolute Gasteiger partial charge is 0.486 e. The molecular formula is C13H14BrClN2O2. The van der Waals surface area contributed by atoms with Crippen LogP contribution >= 0.6 is 27.5 Å². The van der Waals surface area contributed by atoms with Gasteiger partial charge in [0, 0.05) is 7.05 Å². The standard InChI is InChI=1S/C13H14BrClN2O2/c1-8-13(14)11(17(2)16-8)7-19-12-4-3-9(6-18)5-10(12)15/h3-5,18H,6-7H2,1-2H3. The molecule has 0 bridgehead atoms. The maximum absolute atomic E-state index is 9.02. The summed E-state index contributed by atoms with van der Waals surface area (Å²) in [6.07, 6.45) is 0. The first-order valence-corrected chi connectivity index (χ1v) is 6.90. The van der Waals surface area contributed by atoms with Crippen LogP contribution in [0.4, 0.5) is 0 Å². The molecule has 1 heterocycles. The maximum atomic E-state index is 9.02. The molecule has 0 spiro atoms. The highest BCUT2D eigenvalue weighted by Gasteiger charge is 2.12. The lowest BCUT2D eigenvalue weighted by Crippen LogP contribution is -2.04. The summed E-state index contributed by atoms with van der Waals surface area (Å²) < 4.78 is 8.41. The van der Waals surface area contributed by atoms with Gasteiger partial charge in [-0.15, -0.1) is 0 Å². The van der Waals surface area contributed by atoms with Gasteiger partial charge in [-0.1, -0.05) is 17.7 Å². The third-order valence-corrected chi connectivity index (χ3v) is 4.13. The predicted octanol–water partition coefficient (Wildman–Crippen LogP) is 3.22. The fraction of sp³-hybridized carbons (Fsp3) is 0.308. The van der Waals surface area contributed by atoms with E-state index in [1.807, 2.05) is 14.0 Å². The van der Waals surface area contributed by atoms with Gasteiger partial charge in [0.15, 0.2) is 0 Å². The molecule has 0 atom stereocenters. The lowest BCUT2D eigenvalue weighted by atomic mass is 10.2. The highest BCUT2D eigenvalue weighted by atomic mass is 79.9. The number of ether oxygens (including phenoxy) is 1. The van der Waals surface area contributed by atoms with Crippen molar-refractivity contribution in [3.05, 3.63) is 44.6 Å². The molecule has 2 aromatic rings. The summed E-state index contributed by atoms with van der Waals surface area (Å²) in [4.78, 5) is 0. The summed E-state index contributed by atoms with van der Waals surface area (Å²) in [6.45, 7) is 2.26. The first-order chi connectivity index (χ1) is 9.02. The zero-order chi connectivity index (χ0) is 14.0. The van der Waals surface area contributed by atoms with Crippen molar-refractivity contribution in [3.63, 3.8) is 0 Å². The molecular weight excluding hydrogens is 332 g/mol. The molecule has 0 radical (unpaired) electrons. The van der Waals surface area contributed by atoms with Crippen LogP contribution in [-0.2, 0) is 20.3 Å². The first kappa shape index (κ1) is 14.4. The Kier molecular flexibility index (Phi) is 4.50. The zero-order valence-corrected chi connectivity index (χ0v) is 13.0. The molecule has 0 aliphatic rings. The molecule has 4 nitrogen and oxygen atoms in total. The molecule has 0 amide bonds. The highest BCUT2D eigenvalue weighted by Crippen LogP contribution is 2.28. The number of hydrogen-bond acceptors (Lipinski definition) is 3. The average Bonchev–Trinajstić information content (AvgIpc) is 2.62. The second-order valence-corrected chi connectivity index (χ2v) is 5.38. The monoisotopic (exact) mass is 344 g/mol. The van der Waals surface area contributed by atoms with Gasteiger partial charge < -0.3 is 9.84 Å². The Balaban J connectivity index is 2.14. The number of hydrogen-bond donors (Lipinski definition) is 1. The quantitative estimate of drug-likeness (QED) is 0.925. The smallest absolute Gasteiger partial charge is 0.138 e. The number of nitrogens with zero attached hydrogens (tertiary/aromatic N) is 2. The van der Waals surface area contributed by atoms with E-state index in [2.05, 4.69) is 21.0 Å². The van der Waals surface area contributed by atoms with Crippen molar-refractivity contribution in [3.8, 4) is 5.75 Å². The Hall–Kier alpha value is -1.04. The summed E-state index contributed by atoms with van der Waals surface area (Å²) >= 11 is 9.58. The van der Waals surface area contributed by atoms with Gasteiger partial charge in [0.2, 0.25) is 0 Å². The van der Waals surface area contributed by atoms with Gasteiger partial charge >= 0.3 is 0 Å². The van der Waals surface area contributed by atoms with Crippen molar-refractivity contribution in [2.75, 3.05) is 0 Å². The fourth-order valence-electron chi connectivity index (χ4n) is 1.74. The Morgan fingerprint density at radius 1 is 1.47 bits per heavy atom. The SMILES string of the molecule is Cc1nn(C)c(COc2ccc(CO)cc2Cl)c1Br. The van der Waals surface area contributed by atoms with E-state index in [9.17, 15) is 0 Å². The van der Waals surface area contributed by atoms with Gasteiger partial charge in [0.1, 0.15) is 12.4 Å². The van der Waals surface area contributed by atoms with Crippen molar-refractivity contribution in [1.29, 1.82) is 0 Å². The molecule has 1 aromatic carbocycles. The van der Waals surface area contributed by atoms with E-state index in [-0.39, 0.29) is 6.61 Å². The molecule has 0 aliphatic heterocycles. The van der Waals surface area contributed by atoms with Gasteiger partial charge in [-0.05, 0) is 40.5 Å². The van der Waals surface area contributed by atoms with E-state index < -0.39 is 0 Å². The van der Waals surface area contributed by atoms with Crippen LogP contribution < -0.4 is 4.74 Å². The van der Waals surface area contributed by atoms with Gasteiger partial charge in [-0.25, -0.2) is 0 Å². The summed E-state index contributed by atoms with van der Waals surface area (Å²) in [6, 6.07) is 5.23. The zero-order valence-electron chi connectivity index (χ0n) is 10.7. The average molecular weight is 346 g/mol. The normalized spacial score (nSPS) is 10.8. The van der Waals surface area contributed by atoms with Crippen LogP contribution in [0.25, 0.3) is 0 Å². The van der Waals surface area contributed by atoms with Gasteiger partial charge in [-0.2, -0.15) is 5.10 Å². The molecule has 19 heavy (non-hydrogen) atoms. The highest BCUT2D eigenvalue weighted by molar-refractivity contribution is 9.10. The lowest BCUT2D eigenvalue weighted by Gasteiger charge is -2.09. The molecule has 6 heteroatoms. The fourth-order valence-corrected chi connectivity index (χ4v) is 2.45. The van der Waals surface area contributed by atoms with Crippen molar-refractivity contribution < 1.29 is 9.84 Å². The second kappa shape index (κ2) is 5.94. The van der Waals surface area contributed by atoms with Gasteiger partial charge in [0.25, 0.3) is 0 Å². The third kappa shape index (κ3) is 3.11. The Bertz CT molecular complexity index is 599. The number of aromatic nitrogens is 2. The Morgan fingerprint density at radius 2 is 2.21 bits per heavy atom. The van der Waals surface area contributed by atoms with E-state index in [1.165, 1.54) is 0 Å². The number of aliphatic hydroxyl groups excluding tert-OH is 1. The molecule has 0 unspecified atom stereocenters. The summed E-state index contributed by atoms with van der Waals surface area (Å²) in [5.74, 6) is 0.588. The predicted molar refractivity (Wildman–Crippen MR) is 77.4 cm³/mol. The molecule has 0 saturated heterocycles. The van der Waals surface area contributed by atoms with Crippen LogP contribution in [-0.4, -0.2) is 14.9 Å². The van der Waals surface area contributed by atoms with Crippen LogP contribution in [0.2, 0.25) is 5.02 Å². The molecule has 1 aromatic heterocycles. The minimum absolute atomic E-state index is 0.0352. The summed E-state index contributed by atoms with van der Waals surface area (Å²) in [5, 5.41) is 13.8. The van der Waals surface area contributed by atoms with Crippen LogP contribution in [0.3, 0.4) is 0 Å². The van der Waals surface area contributed by atoms with Crippen LogP contribution in [0, 0.1) is 6.92 Å². The maximum Gasteiger partial charge on any atom is 0.138 e. The van der Waals surface area contributed by atoms with E-state index >= 15 is 0 Å². The van der Waals surface area contributed by atoms with Crippen LogP contribution in [0.5, 0.6) is 5.75 Å². The molecule has 0 aliphatic carbocycles. The van der Waals surface area contributed by atoms with Crippen LogP contribution in [0.15, 0.2) is 22.7 Å². The van der Waals surface area contributed by atoms with Crippen molar-refractivity contribution in [1.82, 2.24) is 9.78 Å². The van der Waals surface area contributed by atoms with Crippen molar-refractivity contribution >= 4 is 27.5 Å². The summed E-state index contributed by atoms with van der Waals surface area (Å²) in [7, 11) is 1.87. The molecule has 1 N–H and O–H groups in total. The van der Waals surface area contributed by atoms with E-state index in [0.717, 1.165) is 21.4 Å². The topological polar surface area (TPSA) is 47.3 Å². The van der Waals surface area contributed by atoms with Gasteiger partial charge in [-0.3, -0.25) is 4.68 Å². The third-order valence-electron chi connectivity index (χ3n) is 2.80. The molecule has 0 saturated carbocycles. The minimum atomic E-state index is -0.0352. The number of aryl methyl sites for hydroxylation is 2. The second-order valence-electron chi connectivity index (χ2n) is 4.18. The Morgan fingerprint density at radius 3 is 2.74 bits per heavy atom. The molecule has 102 valence electrons. The minimum Gasteiger partial charge on any atom is -0.486 e. The van der Waals surface area contributed by atoms with E-state index in [1.54, 1.807) is 22.9 Å². The van der Waals surface area contributed by atoms with Crippen LogP contribution in [0.1, 0.15) is 17.0 Å². The molecule has 0 fully saturated rings. The van der Waals surface area contributed by atoms with Gasteiger partial charge in [0.05, 0.1) is 27.5 Å².